The Morgan fingerprint density at radius 2 is 2.10 bits per heavy atom. The number of hydrogen-bond acceptors (Lipinski definition) is 3. The Labute approximate surface area is 129 Å². The van der Waals surface area contributed by atoms with Gasteiger partial charge in [0.25, 0.3) is 0 Å². The third kappa shape index (κ3) is 3.09. The van der Waals surface area contributed by atoms with E-state index >= 15 is 0 Å². The molecule has 4 nitrogen and oxygen atoms in total. The number of aromatic nitrogens is 3. The Balaban J connectivity index is 2.38. The van der Waals surface area contributed by atoms with Gasteiger partial charge in [-0.05, 0) is 25.0 Å². The van der Waals surface area contributed by atoms with Crippen LogP contribution in [0.1, 0.15) is 37.4 Å². The lowest BCUT2D eigenvalue weighted by atomic mass is 9.87. The molecule has 0 fully saturated rings. The second-order valence-corrected chi connectivity index (χ2v) is 5.61. The van der Waals surface area contributed by atoms with Crippen molar-refractivity contribution >= 4 is 11.6 Å². The smallest absolute Gasteiger partial charge is 0.141 e. The number of pyridine rings is 1. The molecule has 0 amide bonds. The summed E-state index contributed by atoms with van der Waals surface area (Å²) in [7, 11) is 1.86. The summed E-state index contributed by atoms with van der Waals surface area (Å²) in [5, 5.41) is 5.06. The number of halogens is 2. The summed E-state index contributed by atoms with van der Waals surface area (Å²) in [6.07, 6.45) is 3.12. The van der Waals surface area contributed by atoms with Crippen molar-refractivity contribution in [3.05, 3.63) is 46.3 Å². The molecule has 0 aliphatic carbocycles. The van der Waals surface area contributed by atoms with Crippen LogP contribution >= 0.6 is 11.6 Å². The van der Waals surface area contributed by atoms with Crippen molar-refractivity contribution in [1.29, 1.82) is 0 Å². The molecule has 2 aromatic rings. The molecule has 6 heteroatoms. The molecule has 0 spiro atoms. The summed E-state index contributed by atoms with van der Waals surface area (Å²) in [5.74, 6) is -0.371. The first-order valence-electron chi connectivity index (χ1n) is 7.02. The molecular weight excluding hydrogens is 291 g/mol. The lowest BCUT2D eigenvalue weighted by Gasteiger charge is -2.27. The lowest BCUT2D eigenvalue weighted by Crippen LogP contribution is -2.40. The predicted molar refractivity (Wildman–Crippen MR) is 81.7 cm³/mol. The first-order chi connectivity index (χ1) is 9.91. The minimum atomic E-state index is -0.698. The summed E-state index contributed by atoms with van der Waals surface area (Å²) in [5.41, 5.74) is 8.20. The van der Waals surface area contributed by atoms with Crippen molar-refractivity contribution < 1.29 is 4.39 Å². The Kier molecular flexibility index (Phi) is 4.64. The first kappa shape index (κ1) is 15.9. The SMILES string of the molecule is CCc1nn(C)c(CC(N)(CC)c2ccc(F)cn2)c1Cl. The molecule has 0 saturated heterocycles. The Bertz CT molecular complexity index is 623. The molecular formula is C15H20ClFN4. The van der Waals surface area contributed by atoms with Gasteiger partial charge in [0.1, 0.15) is 5.82 Å². The van der Waals surface area contributed by atoms with Crippen molar-refractivity contribution in [3.8, 4) is 0 Å². The van der Waals surface area contributed by atoms with Gasteiger partial charge in [-0.2, -0.15) is 5.10 Å². The molecule has 0 radical (unpaired) electrons. The van der Waals surface area contributed by atoms with E-state index in [1.807, 2.05) is 20.9 Å². The van der Waals surface area contributed by atoms with Crippen molar-refractivity contribution in [2.24, 2.45) is 12.8 Å². The van der Waals surface area contributed by atoms with E-state index in [1.54, 1.807) is 10.7 Å². The van der Waals surface area contributed by atoms with Gasteiger partial charge in [-0.25, -0.2) is 4.39 Å². The summed E-state index contributed by atoms with van der Waals surface area (Å²) in [6, 6.07) is 3.01. The van der Waals surface area contributed by atoms with Crippen molar-refractivity contribution in [1.82, 2.24) is 14.8 Å². The van der Waals surface area contributed by atoms with Crippen LogP contribution in [0.5, 0.6) is 0 Å². The van der Waals surface area contributed by atoms with Crippen molar-refractivity contribution in [2.45, 2.75) is 38.6 Å². The van der Waals surface area contributed by atoms with Gasteiger partial charge < -0.3 is 5.73 Å². The van der Waals surface area contributed by atoms with Crippen LogP contribution in [0.2, 0.25) is 5.02 Å². The van der Waals surface area contributed by atoms with Gasteiger partial charge in [-0.3, -0.25) is 9.67 Å². The molecule has 2 N–H and O–H groups in total. The Hall–Kier alpha value is -1.46. The molecule has 0 aliphatic rings. The van der Waals surface area contributed by atoms with E-state index in [0.29, 0.717) is 23.6 Å². The minimum absolute atomic E-state index is 0.371. The Morgan fingerprint density at radius 1 is 1.38 bits per heavy atom. The monoisotopic (exact) mass is 310 g/mol. The third-order valence-electron chi connectivity index (χ3n) is 3.85. The van der Waals surface area contributed by atoms with Crippen LogP contribution in [-0.2, 0) is 25.4 Å². The molecule has 2 rings (SSSR count). The van der Waals surface area contributed by atoms with Gasteiger partial charge in [-0.15, -0.1) is 0 Å². The maximum absolute atomic E-state index is 13.0. The molecule has 2 aromatic heterocycles. The van der Waals surface area contributed by atoms with Crippen molar-refractivity contribution in [2.75, 3.05) is 0 Å². The van der Waals surface area contributed by atoms with Crippen LogP contribution in [-0.4, -0.2) is 14.8 Å². The van der Waals surface area contributed by atoms with Gasteiger partial charge in [0.15, 0.2) is 0 Å². The maximum Gasteiger partial charge on any atom is 0.141 e. The predicted octanol–water partition coefficient (Wildman–Crippen LogP) is 2.98. The standard InChI is InChI=1S/C15H20ClFN4/c1-4-11-14(16)12(21(3)20-11)8-15(18,5-2)13-7-6-10(17)9-19-13/h6-7,9H,4-5,8,18H2,1-3H3. The zero-order valence-corrected chi connectivity index (χ0v) is 13.3. The van der Waals surface area contributed by atoms with E-state index < -0.39 is 5.54 Å². The first-order valence-corrected chi connectivity index (χ1v) is 7.40. The molecule has 1 unspecified atom stereocenters. The fourth-order valence-corrected chi connectivity index (χ4v) is 2.74. The van der Waals surface area contributed by atoms with E-state index in [1.165, 1.54) is 12.3 Å². The van der Waals surface area contributed by atoms with Gasteiger partial charge in [-0.1, -0.05) is 25.4 Å². The van der Waals surface area contributed by atoms with E-state index in [-0.39, 0.29) is 5.82 Å². The zero-order chi connectivity index (χ0) is 15.6. The number of hydrogen-bond donors (Lipinski definition) is 1. The van der Waals surface area contributed by atoms with E-state index in [0.717, 1.165) is 17.8 Å². The molecule has 0 aromatic carbocycles. The van der Waals surface area contributed by atoms with Crippen LogP contribution in [0.3, 0.4) is 0 Å². The normalized spacial score (nSPS) is 14.2. The fourth-order valence-electron chi connectivity index (χ4n) is 2.38. The van der Waals surface area contributed by atoms with E-state index in [9.17, 15) is 4.39 Å². The van der Waals surface area contributed by atoms with E-state index in [4.69, 9.17) is 17.3 Å². The van der Waals surface area contributed by atoms with Gasteiger partial charge in [0.2, 0.25) is 0 Å². The summed E-state index contributed by atoms with van der Waals surface area (Å²) >= 11 is 6.39. The Morgan fingerprint density at radius 3 is 2.57 bits per heavy atom. The average molecular weight is 311 g/mol. The summed E-state index contributed by atoms with van der Waals surface area (Å²) in [4.78, 5) is 4.13. The summed E-state index contributed by atoms with van der Waals surface area (Å²) in [6.45, 7) is 3.99. The quantitative estimate of drug-likeness (QED) is 0.923. The highest BCUT2D eigenvalue weighted by atomic mass is 35.5. The van der Waals surface area contributed by atoms with Crippen LogP contribution < -0.4 is 5.73 Å². The van der Waals surface area contributed by atoms with Gasteiger partial charge in [0.05, 0.1) is 33.8 Å². The molecule has 1 atom stereocenters. The number of aryl methyl sites for hydroxylation is 2. The zero-order valence-electron chi connectivity index (χ0n) is 12.5. The topological polar surface area (TPSA) is 56.7 Å². The number of nitrogens with zero attached hydrogens (tertiary/aromatic N) is 3. The molecule has 114 valence electrons. The van der Waals surface area contributed by atoms with Crippen LogP contribution in [0, 0.1) is 5.82 Å². The molecule has 2 heterocycles. The fraction of sp³-hybridized carbons (Fsp3) is 0.467. The van der Waals surface area contributed by atoms with E-state index in [2.05, 4.69) is 10.1 Å². The molecule has 0 bridgehead atoms. The largest absolute Gasteiger partial charge is 0.320 e. The molecule has 21 heavy (non-hydrogen) atoms. The van der Waals surface area contributed by atoms with Crippen LogP contribution in [0.15, 0.2) is 18.3 Å². The van der Waals surface area contributed by atoms with Crippen LogP contribution in [0.25, 0.3) is 0 Å². The molecule has 0 saturated carbocycles. The highest BCUT2D eigenvalue weighted by Gasteiger charge is 2.30. The highest BCUT2D eigenvalue weighted by Crippen LogP contribution is 2.30. The second-order valence-electron chi connectivity index (χ2n) is 5.23. The minimum Gasteiger partial charge on any atom is -0.320 e. The number of nitrogens with two attached hydrogens (primary N) is 1. The van der Waals surface area contributed by atoms with Gasteiger partial charge >= 0.3 is 0 Å². The van der Waals surface area contributed by atoms with Crippen molar-refractivity contribution in [3.63, 3.8) is 0 Å². The maximum atomic E-state index is 13.0. The van der Waals surface area contributed by atoms with Crippen LogP contribution in [0.4, 0.5) is 4.39 Å². The summed E-state index contributed by atoms with van der Waals surface area (Å²) < 4.78 is 14.8. The lowest BCUT2D eigenvalue weighted by molar-refractivity contribution is 0.399. The third-order valence-corrected chi connectivity index (χ3v) is 4.29. The number of rotatable bonds is 5. The average Bonchev–Trinajstić information content (AvgIpc) is 2.75. The highest BCUT2D eigenvalue weighted by molar-refractivity contribution is 6.31. The van der Waals surface area contributed by atoms with Gasteiger partial charge in [0, 0.05) is 13.5 Å². The molecule has 0 aliphatic heterocycles. The second kappa shape index (κ2) is 6.12.